The first kappa shape index (κ1) is 18.4. The van der Waals surface area contributed by atoms with Crippen LogP contribution in [0.25, 0.3) is 22.6 Å². The Labute approximate surface area is 166 Å². The van der Waals surface area contributed by atoms with Crippen molar-refractivity contribution in [3.63, 3.8) is 0 Å². The standard InChI is InChI=1S/C21H18N4O4/c1-27-17-10-8-15(12-18(17)28-2)16-9-11-20(26)25(23-16)13-19-22-21(24-29-19)14-6-4-3-5-7-14/h3-12H,13H2,1-2H3. The van der Waals surface area contributed by atoms with Crippen molar-refractivity contribution in [2.45, 2.75) is 6.54 Å². The average molecular weight is 390 g/mol. The molecule has 29 heavy (non-hydrogen) atoms. The van der Waals surface area contributed by atoms with Gasteiger partial charge in [-0.15, -0.1) is 0 Å². The predicted molar refractivity (Wildman–Crippen MR) is 106 cm³/mol. The molecule has 146 valence electrons. The number of methoxy groups -OCH3 is 2. The Hall–Kier alpha value is -3.94. The van der Waals surface area contributed by atoms with E-state index in [-0.39, 0.29) is 12.1 Å². The van der Waals surface area contributed by atoms with Gasteiger partial charge in [-0.2, -0.15) is 10.1 Å². The molecule has 0 fully saturated rings. The molecule has 0 aliphatic carbocycles. The molecule has 0 atom stereocenters. The molecule has 8 nitrogen and oxygen atoms in total. The van der Waals surface area contributed by atoms with Gasteiger partial charge < -0.3 is 14.0 Å². The summed E-state index contributed by atoms with van der Waals surface area (Å²) < 4.78 is 17.2. The fourth-order valence-corrected chi connectivity index (χ4v) is 2.86. The van der Waals surface area contributed by atoms with Crippen molar-refractivity contribution in [1.29, 1.82) is 0 Å². The summed E-state index contributed by atoms with van der Waals surface area (Å²) in [7, 11) is 3.14. The third-order valence-electron chi connectivity index (χ3n) is 4.33. The molecule has 0 radical (unpaired) electrons. The van der Waals surface area contributed by atoms with Crippen LogP contribution < -0.4 is 15.0 Å². The number of rotatable bonds is 6. The molecule has 2 aromatic carbocycles. The van der Waals surface area contributed by atoms with Crippen molar-refractivity contribution < 1.29 is 14.0 Å². The monoisotopic (exact) mass is 390 g/mol. The molecule has 4 aromatic rings. The molecule has 0 N–H and O–H groups in total. The normalized spacial score (nSPS) is 10.7. The van der Waals surface area contributed by atoms with Crippen LogP contribution in [0.5, 0.6) is 11.5 Å². The van der Waals surface area contributed by atoms with Crippen molar-refractivity contribution in [2.75, 3.05) is 14.2 Å². The summed E-state index contributed by atoms with van der Waals surface area (Å²) in [5.41, 5.74) is 1.95. The zero-order chi connectivity index (χ0) is 20.2. The Morgan fingerprint density at radius 1 is 0.931 bits per heavy atom. The highest BCUT2D eigenvalue weighted by Gasteiger charge is 2.12. The number of nitrogens with zero attached hydrogens (tertiary/aromatic N) is 4. The highest BCUT2D eigenvalue weighted by atomic mass is 16.5. The van der Waals surface area contributed by atoms with E-state index >= 15 is 0 Å². The van der Waals surface area contributed by atoms with Crippen molar-refractivity contribution in [3.05, 3.63) is 76.9 Å². The molecule has 0 spiro atoms. The number of hydrogen-bond donors (Lipinski definition) is 0. The van der Waals surface area contributed by atoms with Crippen LogP contribution in [-0.4, -0.2) is 34.1 Å². The number of hydrogen-bond acceptors (Lipinski definition) is 7. The maximum absolute atomic E-state index is 12.3. The Morgan fingerprint density at radius 2 is 1.72 bits per heavy atom. The van der Waals surface area contributed by atoms with E-state index in [0.717, 1.165) is 11.1 Å². The van der Waals surface area contributed by atoms with Crippen LogP contribution in [0.4, 0.5) is 0 Å². The minimum Gasteiger partial charge on any atom is -0.493 e. The first-order chi connectivity index (χ1) is 14.2. The first-order valence-corrected chi connectivity index (χ1v) is 8.86. The van der Waals surface area contributed by atoms with Gasteiger partial charge in [0.2, 0.25) is 11.7 Å². The van der Waals surface area contributed by atoms with Crippen LogP contribution in [0, 0.1) is 0 Å². The Kier molecular flexibility index (Phi) is 5.07. The second-order valence-electron chi connectivity index (χ2n) is 6.16. The smallest absolute Gasteiger partial charge is 0.267 e. The van der Waals surface area contributed by atoms with Gasteiger partial charge in [0.25, 0.3) is 5.56 Å². The van der Waals surface area contributed by atoms with E-state index in [2.05, 4.69) is 15.2 Å². The molecule has 2 aromatic heterocycles. The zero-order valence-corrected chi connectivity index (χ0v) is 15.9. The van der Waals surface area contributed by atoms with Crippen LogP contribution in [0.1, 0.15) is 5.89 Å². The third kappa shape index (κ3) is 3.86. The van der Waals surface area contributed by atoms with Gasteiger partial charge in [-0.3, -0.25) is 4.79 Å². The fourth-order valence-electron chi connectivity index (χ4n) is 2.86. The molecule has 0 bridgehead atoms. The van der Waals surface area contributed by atoms with E-state index < -0.39 is 0 Å². The molecule has 0 unspecified atom stereocenters. The van der Waals surface area contributed by atoms with Crippen molar-refractivity contribution >= 4 is 0 Å². The van der Waals surface area contributed by atoms with Gasteiger partial charge in [0.1, 0.15) is 6.54 Å². The average Bonchev–Trinajstić information content (AvgIpc) is 3.24. The molecular weight excluding hydrogens is 372 g/mol. The highest BCUT2D eigenvalue weighted by molar-refractivity contribution is 5.63. The van der Waals surface area contributed by atoms with E-state index in [9.17, 15) is 4.79 Å². The van der Waals surface area contributed by atoms with Crippen molar-refractivity contribution in [3.8, 4) is 34.1 Å². The van der Waals surface area contributed by atoms with Gasteiger partial charge in [-0.05, 0) is 24.3 Å². The largest absolute Gasteiger partial charge is 0.493 e. The lowest BCUT2D eigenvalue weighted by Gasteiger charge is -2.10. The molecule has 0 aliphatic heterocycles. The molecule has 4 rings (SSSR count). The van der Waals surface area contributed by atoms with Crippen molar-refractivity contribution in [1.82, 2.24) is 19.9 Å². The summed E-state index contributed by atoms with van der Waals surface area (Å²) >= 11 is 0. The maximum atomic E-state index is 12.3. The summed E-state index contributed by atoms with van der Waals surface area (Å²) in [5.74, 6) is 1.95. The number of ether oxygens (including phenoxy) is 2. The van der Waals surface area contributed by atoms with E-state index in [1.54, 1.807) is 32.4 Å². The fraction of sp³-hybridized carbons (Fsp3) is 0.143. The molecule has 0 saturated carbocycles. The number of benzene rings is 2. The van der Waals surface area contributed by atoms with Gasteiger partial charge in [0.15, 0.2) is 11.5 Å². The summed E-state index contributed by atoms with van der Waals surface area (Å²) in [5, 5.41) is 8.41. The summed E-state index contributed by atoms with van der Waals surface area (Å²) in [6, 6.07) is 18.0. The molecule has 2 heterocycles. The molecule has 0 aliphatic rings. The van der Waals surface area contributed by atoms with E-state index in [1.165, 1.54) is 10.7 Å². The van der Waals surface area contributed by atoms with Gasteiger partial charge in [-0.1, -0.05) is 35.5 Å². The minimum absolute atomic E-state index is 0.0692. The van der Waals surface area contributed by atoms with Crippen LogP contribution in [0.3, 0.4) is 0 Å². The van der Waals surface area contributed by atoms with E-state index in [1.807, 2.05) is 36.4 Å². The van der Waals surface area contributed by atoms with Crippen LogP contribution in [0.2, 0.25) is 0 Å². The second kappa shape index (κ2) is 7.97. The lowest BCUT2D eigenvalue weighted by atomic mass is 10.1. The molecule has 0 saturated heterocycles. The summed E-state index contributed by atoms with van der Waals surface area (Å²) in [6.45, 7) is 0.0692. The van der Waals surface area contributed by atoms with E-state index in [4.69, 9.17) is 14.0 Å². The predicted octanol–water partition coefficient (Wildman–Crippen LogP) is 3.03. The van der Waals surface area contributed by atoms with Gasteiger partial charge in [0.05, 0.1) is 19.9 Å². The van der Waals surface area contributed by atoms with Crippen LogP contribution >= 0.6 is 0 Å². The van der Waals surface area contributed by atoms with Gasteiger partial charge in [-0.25, -0.2) is 4.68 Å². The minimum atomic E-state index is -0.270. The van der Waals surface area contributed by atoms with Gasteiger partial charge in [0, 0.05) is 17.2 Å². The Bertz CT molecular complexity index is 1180. The van der Waals surface area contributed by atoms with Gasteiger partial charge >= 0.3 is 0 Å². The quantitative estimate of drug-likeness (QED) is 0.500. The lowest BCUT2D eigenvalue weighted by Crippen LogP contribution is -2.23. The molecule has 0 amide bonds. The topological polar surface area (TPSA) is 92.3 Å². The second-order valence-corrected chi connectivity index (χ2v) is 6.16. The summed E-state index contributed by atoms with van der Waals surface area (Å²) in [6.07, 6.45) is 0. The molecular formula is C21H18N4O4. The van der Waals surface area contributed by atoms with E-state index in [0.29, 0.717) is 28.9 Å². The first-order valence-electron chi connectivity index (χ1n) is 8.86. The third-order valence-corrected chi connectivity index (χ3v) is 4.33. The number of aromatic nitrogens is 4. The van der Waals surface area contributed by atoms with Crippen LogP contribution in [-0.2, 0) is 6.54 Å². The SMILES string of the molecule is COc1ccc(-c2ccc(=O)n(Cc3nc(-c4ccccc4)no3)n2)cc1OC. The maximum Gasteiger partial charge on any atom is 0.267 e. The Morgan fingerprint density at radius 3 is 2.48 bits per heavy atom. The Balaban J connectivity index is 1.63. The van der Waals surface area contributed by atoms with Crippen molar-refractivity contribution in [2.24, 2.45) is 0 Å². The highest BCUT2D eigenvalue weighted by Crippen LogP contribution is 2.31. The van der Waals surface area contributed by atoms with Crippen LogP contribution in [0.15, 0.2) is 70.0 Å². The summed E-state index contributed by atoms with van der Waals surface area (Å²) in [4.78, 5) is 16.6. The lowest BCUT2D eigenvalue weighted by molar-refractivity contribution is 0.355. The zero-order valence-electron chi connectivity index (χ0n) is 15.9. The molecule has 8 heteroatoms.